The van der Waals surface area contributed by atoms with Crippen LogP contribution in [0.3, 0.4) is 0 Å². The van der Waals surface area contributed by atoms with Crippen LogP contribution in [-0.4, -0.2) is 36.7 Å². The molecule has 1 aliphatic rings. The molecule has 0 aliphatic carbocycles. The zero-order valence-corrected chi connectivity index (χ0v) is 30.3. The lowest BCUT2D eigenvalue weighted by Gasteiger charge is -2.36. The Balaban J connectivity index is 1.23. The van der Waals surface area contributed by atoms with Gasteiger partial charge in [-0.2, -0.15) is 15.6 Å². The summed E-state index contributed by atoms with van der Waals surface area (Å²) in [5.74, 6) is 0. The highest BCUT2D eigenvalue weighted by Crippen LogP contribution is 2.43. The molecule has 1 atom stereocenters. The van der Waals surface area contributed by atoms with E-state index in [4.69, 9.17) is 10.1 Å². The fraction of sp³-hybridized carbons (Fsp3) is 0.130. The quantitative estimate of drug-likeness (QED) is 0.139. The van der Waals surface area contributed by atoms with Crippen LogP contribution in [0.15, 0.2) is 158 Å². The monoisotopic (exact) mass is 717 g/mol. The summed E-state index contributed by atoms with van der Waals surface area (Å²) < 4.78 is 4.28. The molecule has 1 aliphatic heterocycles. The van der Waals surface area contributed by atoms with Crippen molar-refractivity contribution in [2.24, 2.45) is 0 Å². The van der Waals surface area contributed by atoms with Crippen molar-refractivity contribution in [1.29, 1.82) is 10.5 Å². The summed E-state index contributed by atoms with van der Waals surface area (Å²) in [4.78, 5) is 9.44. The van der Waals surface area contributed by atoms with Gasteiger partial charge >= 0.3 is 0 Å². The Morgan fingerprint density at radius 1 is 0.722 bits per heavy atom. The molecule has 4 aromatic heterocycles. The number of imidazole rings is 1. The summed E-state index contributed by atoms with van der Waals surface area (Å²) in [6.45, 7) is 1.74. The van der Waals surface area contributed by atoms with Crippen LogP contribution in [0.25, 0.3) is 38.6 Å². The predicted octanol–water partition coefficient (Wildman–Crippen LogP) is 9.79. The zero-order valence-electron chi connectivity index (χ0n) is 29.5. The Morgan fingerprint density at radius 3 is 2.00 bits per heavy atom. The molecule has 0 saturated carbocycles. The molecule has 260 valence electrons. The molecule has 9 rings (SSSR count). The lowest BCUT2D eigenvalue weighted by molar-refractivity contribution is 0.289. The van der Waals surface area contributed by atoms with Crippen molar-refractivity contribution in [2.75, 3.05) is 6.54 Å². The Hall–Kier alpha value is -6.58. The number of nitrogens with zero attached hydrogens (tertiary/aromatic N) is 7. The van der Waals surface area contributed by atoms with E-state index >= 15 is 0 Å². The lowest BCUT2D eigenvalue weighted by Crippen LogP contribution is -2.38. The second-order valence-corrected chi connectivity index (χ2v) is 14.8. The number of hydrogen-bond acceptors (Lipinski definition) is 6. The summed E-state index contributed by atoms with van der Waals surface area (Å²) >= 11 is 1.76. The minimum Gasteiger partial charge on any atom is -0.298 e. The van der Waals surface area contributed by atoms with Crippen LogP contribution in [-0.2, 0) is 12.1 Å². The molecule has 0 spiro atoms. The molecule has 1 saturated heterocycles. The lowest BCUT2D eigenvalue weighted by atomic mass is 9.77. The number of thiophene rings is 1. The van der Waals surface area contributed by atoms with E-state index in [9.17, 15) is 10.5 Å². The van der Waals surface area contributed by atoms with Gasteiger partial charge < -0.3 is 0 Å². The number of aromatic nitrogens is 4. The standard InChI is InChI=1S/C46H35N7S/c47-27-33-18-20-34(21-19-33)45-41(32-53(50-45)46(36-11-4-1-5-12-36,37-13-6-2-7-14-37)38-15-8-3-9-16-38)35-22-25-44-49-29-42(52(44)30-35)43-24-23-40(54-43)31-51-26-10-17-39(51)28-48/h1-9,11-16,18-25,29-30,32,39H,10,17,26,31H2. The third-order valence-electron chi connectivity index (χ3n) is 10.5. The fourth-order valence-corrected chi connectivity index (χ4v) is 8.93. The highest BCUT2D eigenvalue weighted by atomic mass is 32.1. The van der Waals surface area contributed by atoms with E-state index in [0.29, 0.717) is 5.56 Å². The number of nitriles is 2. The maximum Gasteiger partial charge on any atom is 0.138 e. The highest BCUT2D eigenvalue weighted by molar-refractivity contribution is 7.15. The molecule has 1 unspecified atom stereocenters. The van der Waals surface area contributed by atoms with Gasteiger partial charge in [-0.1, -0.05) is 103 Å². The van der Waals surface area contributed by atoms with Crippen molar-refractivity contribution in [3.05, 3.63) is 185 Å². The molecule has 1 fully saturated rings. The minimum atomic E-state index is -0.805. The van der Waals surface area contributed by atoms with E-state index in [1.165, 1.54) is 4.88 Å². The van der Waals surface area contributed by atoms with Gasteiger partial charge in [-0.3, -0.25) is 14.0 Å². The molecule has 8 aromatic rings. The van der Waals surface area contributed by atoms with Gasteiger partial charge in [0.05, 0.1) is 40.5 Å². The molecule has 0 amide bonds. The van der Waals surface area contributed by atoms with Gasteiger partial charge in [-0.05, 0) is 72.5 Å². The third kappa shape index (κ3) is 5.79. The summed E-state index contributed by atoms with van der Waals surface area (Å²) in [6, 6.07) is 52.6. The van der Waals surface area contributed by atoms with Crippen molar-refractivity contribution in [3.63, 3.8) is 0 Å². The summed E-state index contributed by atoms with van der Waals surface area (Å²) in [7, 11) is 0. The van der Waals surface area contributed by atoms with Crippen molar-refractivity contribution >= 4 is 17.0 Å². The Kier molecular flexibility index (Phi) is 8.69. The summed E-state index contributed by atoms with van der Waals surface area (Å²) in [5.41, 5.74) is 8.57. The maximum atomic E-state index is 9.63. The average Bonchev–Trinajstić information content (AvgIpc) is 4.07. The van der Waals surface area contributed by atoms with Crippen molar-refractivity contribution in [2.45, 2.75) is 31.0 Å². The highest BCUT2D eigenvalue weighted by Gasteiger charge is 2.40. The Bertz CT molecular complexity index is 2550. The van der Waals surface area contributed by atoms with Crippen LogP contribution in [0.4, 0.5) is 0 Å². The Labute approximate surface area is 318 Å². The molecule has 54 heavy (non-hydrogen) atoms. The third-order valence-corrected chi connectivity index (χ3v) is 11.6. The normalized spacial score (nSPS) is 14.6. The van der Waals surface area contributed by atoms with Gasteiger partial charge in [0.2, 0.25) is 0 Å². The molecular weight excluding hydrogens is 683 g/mol. The fourth-order valence-electron chi connectivity index (χ4n) is 7.89. The first-order chi connectivity index (χ1) is 26.6. The zero-order chi connectivity index (χ0) is 36.5. The van der Waals surface area contributed by atoms with Crippen LogP contribution in [0.5, 0.6) is 0 Å². The largest absolute Gasteiger partial charge is 0.298 e. The first-order valence-electron chi connectivity index (χ1n) is 18.1. The first-order valence-corrected chi connectivity index (χ1v) is 18.9. The number of hydrogen-bond donors (Lipinski definition) is 0. The van der Waals surface area contributed by atoms with E-state index in [2.05, 4.69) is 136 Å². The van der Waals surface area contributed by atoms with Crippen molar-refractivity contribution < 1.29 is 0 Å². The van der Waals surface area contributed by atoms with E-state index in [1.54, 1.807) is 11.3 Å². The first kappa shape index (κ1) is 33.3. The van der Waals surface area contributed by atoms with Gasteiger partial charge in [-0.15, -0.1) is 11.3 Å². The van der Waals surface area contributed by atoms with Crippen LogP contribution in [0.2, 0.25) is 0 Å². The minimum absolute atomic E-state index is 0.00969. The summed E-state index contributed by atoms with van der Waals surface area (Å²) in [6.07, 6.45) is 8.28. The smallest absolute Gasteiger partial charge is 0.138 e. The van der Waals surface area contributed by atoms with Crippen molar-refractivity contribution in [3.8, 4) is 45.1 Å². The number of fused-ring (bicyclic) bond motifs is 1. The van der Waals surface area contributed by atoms with E-state index in [1.807, 2.05) is 48.7 Å². The number of rotatable bonds is 9. The second kappa shape index (κ2) is 14.1. The number of benzene rings is 4. The molecule has 4 aromatic carbocycles. The predicted molar refractivity (Wildman–Crippen MR) is 214 cm³/mol. The SMILES string of the molecule is N#Cc1ccc(-c2nn(C(c3ccccc3)(c3ccccc3)c3ccccc3)cc2-c2ccc3ncc(-c4ccc(CN5CCCC5C#N)s4)n3c2)cc1. The average molecular weight is 718 g/mol. The topological polar surface area (TPSA) is 85.9 Å². The van der Waals surface area contributed by atoms with Gasteiger partial charge in [0.15, 0.2) is 0 Å². The number of likely N-dealkylation sites (tertiary alicyclic amines) is 1. The van der Waals surface area contributed by atoms with Gasteiger partial charge in [0.1, 0.15) is 16.9 Å². The van der Waals surface area contributed by atoms with Crippen LogP contribution < -0.4 is 0 Å². The van der Waals surface area contributed by atoms with E-state index in [0.717, 1.165) is 81.2 Å². The maximum absolute atomic E-state index is 9.63. The van der Waals surface area contributed by atoms with Crippen LogP contribution in [0.1, 0.15) is 40.0 Å². The van der Waals surface area contributed by atoms with Crippen LogP contribution in [0, 0.1) is 22.7 Å². The molecule has 8 heteroatoms. The Morgan fingerprint density at radius 2 is 1.37 bits per heavy atom. The second-order valence-electron chi connectivity index (χ2n) is 13.6. The summed E-state index contributed by atoms with van der Waals surface area (Å²) in [5, 5.41) is 24.8. The van der Waals surface area contributed by atoms with Crippen LogP contribution >= 0.6 is 11.3 Å². The van der Waals surface area contributed by atoms with Crippen molar-refractivity contribution in [1.82, 2.24) is 24.1 Å². The number of pyridine rings is 1. The van der Waals surface area contributed by atoms with Gasteiger partial charge in [0, 0.05) is 40.5 Å². The van der Waals surface area contributed by atoms with Gasteiger partial charge in [-0.25, -0.2) is 4.98 Å². The van der Waals surface area contributed by atoms with E-state index < -0.39 is 5.54 Å². The molecular formula is C46H35N7S. The van der Waals surface area contributed by atoms with Gasteiger partial charge in [0.25, 0.3) is 0 Å². The molecule has 0 N–H and O–H groups in total. The molecule has 7 nitrogen and oxygen atoms in total. The molecule has 5 heterocycles. The molecule has 0 radical (unpaired) electrons. The van der Waals surface area contributed by atoms with E-state index in [-0.39, 0.29) is 6.04 Å². The molecule has 0 bridgehead atoms.